The molecule has 0 aliphatic heterocycles. The topological polar surface area (TPSA) is 69.0 Å². The minimum atomic E-state index is -0.581. The van der Waals surface area contributed by atoms with Crippen LogP contribution in [0.25, 0.3) is 0 Å². The maximum absolute atomic E-state index is 11.4. The lowest BCUT2D eigenvalue weighted by atomic mass is 10.3. The predicted octanol–water partition coefficient (Wildman–Crippen LogP) is 2.14. The molecule has 6 nitrogen and oxygen atoms in total. The quantitative estimate of drug-likeness (QED) is 0.909. The maximum Gasteiger partial charge on any atom is 0.413 e. The highest BCUT2D eigenvalue weighted by atomic mass is 35.5. The first-order valence-electron chi connectivity index (χ1n) is 4.76. The van der Waals surface area contributed by atoms with Gasteiger partial charge in [-0.3, -0.25) is 5.32 Å². The summed E-state index contributed by atoms with van der Waals surface area (Å²) in [5.74, 6) is 0. The molecule has 7 heteroatoms. The van der Waals surface area contributed by atoms with Crippen molar-refractivity contribution < 1.29 is 9.53 Å². The van der Waals surface area contributed by atoms with Gasteiger partial charge in [-0.1, -0.05) is 17.7 Å². The summed E-state index contributed by atoms with van der Waals surface area (Å²) >= 11 is 5.77. The predicted molar refractivity (Wildman–Crippen MR) is 61.6 cm³/mol. The molecule has 1 aromatic carbocycles. The van der Waals surface area contributed by atoms with E-state index in [1.165, 1.54) is 17.3 Å². The molecule has 0 saturated heterocycles. The molecule has 1 amide bonds. The first-order valence-corrected chi connectivity index (χ1v) is 5.13. The van der Waals surface area contributed by atoms with Crippen LogP contribution in [0, 0.1) is 0 Å². The molecule has 2 aromatic rings. The Morgan fingerprint density at radius 1 is 1.53 bits per heavy atom. The van der Waals surface area contributed by atoms with E-state index in [9.17, 15) is 4.79 Å². The van der Waals surface area contributed by atoms with Gasteiger partial charge in [0.25, 0.3) is 0 Å². The lowest BCUT2D eigenvalue weighted by Gasteiger charge is -2.06. The van der Waals surface area contributed by atoms with E-state index in [1.807, 2.05) is 0 Å². The number of anilines is 1. The molecule has 88 valence electrons. The highest BCUT2D eigenvalue weighted by Crippen LogP contribution is 2.14. The number of carbonyl (C=O) groups excluding carboxylic acids is 1. The number of nitrogens with zero attached hydrogens (tertiary/aromatic N) is 3. The summed E-state index contributed by atoms with van der Waals surface area (Å²) in [5, 5.41) is 6.87. The summed E-state index contributed by atoms with van der Waals surface area (Å²) in [6.45, 7) is 0.00635. The molecule has 1 heterocycles. The van der Waals surface area contributed by atoms with Gasteiger partial charge in [0.1, 0.15) is 12.7 Å². The van der Waals surface area contributed by atoms with Gasteiger partial charge in [-0.25, -0.2) is 14.5 Å². The Balaban J connectivity index is 1.85. The maximum atomic E-state index is 11.4. The zero-order valence-electron chi connectivity index (χ0n) is 8.71. The van der Waals surface area contributed by atoms with Crippen molar-refractivity contribution >= 4 is 23.4 Å². The number of hydrogen-bond acceptors (Lipinski definition) is 4. The molecule has 0 unspecified atom stereocenters. The lowest BCUT2D eigenvalue weighted by molar-refractivity contribution is 0.121. The monoisotopic (exact) mass is 252 g/mol. The van der Waals surface area contributed by atoms with Crippen molar-refractivity contribution in [2.45, 2.75) is 6.73 Å². The molecule has 0 aliphatic rings. The Morgan fingerprint density at radius 2 is 2.41 bits per heavy atom. The third-order valence-electron chi connectivity index (χ3n) is 1.87. The Kier molecular flexibility index (Phi) is 3.56. The van der Waals surface area contributed by atoms with Gasteiger partial charge in [-0.15, -0.1) is 0 Å². The summed E-state index contributed by atoms with van der Waals surface area (Å²) in [4.78, 5) is 15.1. The molecule has 17 heavy (non-hydrogen) atoms. The fraction of sp³-hybridized carbons (Fsp3) is 0.100. The summed E-state index contributed by atoms with van der Waals surface area (Å²) in [6, 6.07) is 6.78. The van der Waals surface area contributed by atoms with E-state index in [0.29, 0.717) is 10.7 Å². The Labute approximate surface area is 102 Å². The van der Waals surface area contributed by atoms with Crippen LogP contribution in [-0.2, 0) is 11.5 Å². The summed E-state index contributed by atoms with van der Waals surface area (Å²) in [5.41, 5.74) is 0.570. The van der Waals surface area contributed by atoms with E-state index in [2.05, 4.69) is 15.4 Å². The van der Waals surface area contributed by atoms with Crippen molar-refractivity contribution in [1.29, 1.82) is 0 Å². The molecule has 0 spiro atoms. The molecule has 0 fully saturated rings. The lowest BCUT2D eigenvalue weighted by Crippen LogP contribution is -2.16. The summed E-state index contributed by atoms with van der Waals surface area (Å²) < 4.78 is 6.28. The highest BCUT2D eigenvalue weighted by Gasteiger charge is 2.03. The molecule has 0 aliphatic carbocycles. The zero-order chi connectivity index (χ0) is 12.1. The third kappa shape index (κ3) is 3.46. The van der Waals surface area contributed by atoms with Crippen LogP contribution >= 0.6 is 11.6 Å². The average molecular weight is 253 g/mol. The van der Waals surface area contributed by atoms with Gasteiger partial charge in [-0.05, 0) is 18.2 Å². The van der Waals surface area contributed by atoms with Gasteiger partial charge in [0.15, 0.2) is 6.73 Å². The number of rotatable bonds is 3. The Morgan fingerprint density at radius 3 is 3.12 bits per heavy atom. The van der Waals surface area contributed by atoms with Gasteiger partial charge in [0, 0.05) is 10.7 Å². The van der Waals surface area contributed by atoms with Crippen molar-refractivity contribution in [2.75, 3.05) is 5.32 Å². The summed E-state index contributed by atoms with van der Waals surface area (Å²) in [7, 11) is 0. The zero-order valence-corrected chi connectivity index (χ0v) is 9.46. The molecular weight excluding hydrogens is 244 g/mol. The van der Waals surface area contributed by atoms with Gasteiger partial charge in [-0.2, -0.15) is 5.10 Å². The number of halogens is 1. The van der Waals surface area contributed by atoms with Gasteiger partial charge in [0.2, 0.25) is 0 Å². The second kappa shape index (κ2) is 5.31. The first kappa shape index (κ1) is 11.4. The van der Waals surface area contributed by atoms with Gasteiger partial charge < -0.3 is 4.74 Å². The SMILES string of the molecule is O=C(Nc1cccc(Cl)c1)OCn1cncn1. The van der Waals surface area contributed by atoms with Crippen LogP contribution in [0.3, 0.4) is 0 Å². The summed E-state index contributed by atoms with van der Waals surface area (Å²) in [6.07, 6.45) is 2.23. The van der Waals surface area contributed by atoms with Crippen molar-refractivity contribution in [2.24, 2.45) is 0 Å². The van der Waals surface area contributed by atoms with Crippen LogP contribution in [0.2, 0.25) is 5.02 Å². The molecule has 1 aromatic heterocycles. The fourth-order valence-corrected chi connectivity index (χ4v) is 1.33. The highest BCUT2D eigenvalue weighted by molar-refractivity contribution is 6.30. The van der Waals surface area contributed by atoms with E-state index in [4.69, 9.17) is 16.3 Å². The molecular formula is C10H9ClN4O2. The number of nitrogens with one attached hydrogen (secondary N) is 1. The molecule has 0 saturated carbocycles. The minimum absolute atomic E-state index is 0.00635. The number of benzene rings is 1. The Hall–Kier alpha value is -2.08. The van der Waals surface area contributed by atoms with E-state index < -0.39 is 6.09 Å². The van der Waals surface area contributed by atoms with E-state index in [-0.39, 0.29) is 6.73 Å². The van der Waals surface area contributed by atoms with E-state index in [1.54, 1.807) is 24.3 Å². The molecule has 0 atom stereocenters. The van der Waals surface area contributed by atoms with Crippen LogP contribution in [-0.4, -0.2) is 20.9 Å². The average Bonchev–Trinajstić information content (AvgIpc) is 2.79. The van der Waals surface area contributed by atoms with Crippen LogP contribution in [0.1, 0.15) is 0 Å². The fourth-order valence-electron chi connectivity index (χ4n) is 1.14. The third-order valence-corrected chi connectivity index (χ3v) is 2.10. The first-order chi connectivity index (χ1) is 8.24. The number of aromatic nitrogens is 3. The van der Waals surface area contributed by atoms with Crippen molar-refractivity contribution in [3.05, 3.63) is 41.9 Å². The second-order valence-corrected chi connectivity index (χ2v) is 3.57. The number of ether oxygens (including phenoxy) is 1. The molecule has 1 N–H and O–H groups in total. The normalized spacial score (nSPS) is 9.94. The number of carbonyl (C=O) groups is 1. The molecule has 0 radical (unpaired) electrons. The van der Waals surface area contributed by atoms with Crippen molar-refractivity contribution in [1.82, 2.24) is 14.8 Å². The van der Waals surface area contributed by atoms with Crippen LogP contribution < -0.4 is 5.32 Å². The van der Waals surface area contributed by atoms with E-state index >= 15 is 0 Å². The van der Waals surface area contributed by atoms with Gasteiger partial charge >= 0.3 is 6.09 Å². The van der Waals surface area contributed by atoms with Crippen molar-refractivity contribution in [3.8, 4) is 0 Å². The smallest absolute Gasteiger partial charge is 0.413 e. The number of amides is 1. The van der Waals surface area contributed by atoms with E-state index in [0.717, 1.165) is 0 Å². The molecule has 2 rings (SSSR count). The van der Waals surface area contributed by atoms with Crippen LogP contribution in [0.4, 0.5) is 10.5 Å². The molecule has 0 bridgehead atoms. The van der Waals surface area contributed by atoms with Crippen molar-refractivity contribution in [3.63, 3.8) is 0 Å². The van der Waals surface area contributed by atoms with Crippen LogP contribution in [0.5, 0.6) is 0 Å². The Bertz CT molecular complexity index is 501. The second-order valence-electron chi connectivity index (χ2n) is 3.13. The standard InChI is InChI=1S/C10H9ClN4O2/c11-8-2-1-3-9(4-8)14-10(16)17-7-15-6-12-5-13-15/h1-6H,7H2,(H,14,16). The van der Waals surface area contributed by atoms with Gasteiger partial charge in [0.05, 0.1) is 0 Å². The number of hydrogen-bond donors (Lipinski definition) is 1. The van der Waals surface area contributed by atoms with Crippen LogP contribution in [0.15, 0.2) is 36.9 Å². The largest absolute Gasteiger partial charge is 0.426 e. The minimum Gasteiger partial charge on any atom is -0.426 e.